The third kappa shape index (κ3) is 3.10. The molecule has 21 heavy (non-hydrogen) atoms. The average molecular weight is 295 g/mol. The van der Waals surface area contributed by atoms with Gasteiger partial charge in [0.15, 0.2) is 23.9 Å². The summed E-state index contributed by atoms with van der Waals surface area (Å²) in [5.74, 6) is -1.23. The minimum absolute atomic E-state index is 0.0610. The minimum atomic E-state index is -1.14. The third-order valence-corrected chi connectivity index (χ3v) is 3.18. The minimum Gasteiger partial charge on any atom is -0.493 e. The summed E-state index contributed by atoms with van der Waals surface area (Å²) in [6.45, 7) is 0. The molecule has 2 rings (SSSR count). The number of aldehydes is 1. The molecule has 1 atom stereocenters. The quantitative estimate of drug-likeness (QED) is 0.462. The Balaban J connectivity index is 2.41. The molecule has 1 aromatic rings. The molecule has 0 heterocycles. The van der Waals surface area contributed by atoms with E-state index in [2.05, 4.69) is 0 Å². The van der Waals surface area contributed by atoms with Gasteiger partial charge in [0.1, 0.15) is 0 Å². The molecule has 0 radical (unpaired) electrons. The van der Waals surface area contributed by atoms with Gasteiger partial charge in [0.25, 0.3) is 5.69 Å². The fourth-order valence-corrected chi connectivity index (χ4v) is 1.95. The van der Waals surface area contributed by atoms with Crippen molar-refractivity contribution < 1.29 is 29.1 Å². The van der Waals surface area contributed by atoms with E-state index in [1.807, 2.05) is 0 Å². The molecule has 0 aliphatic heterocycles. The molecule has 8 heteroatoms. The summed E-state index contributed by atoms with van der Waals surface area (Å²) >= 11 is 0. The van der Waals surface area contributed by atoms with Gasteiger partial charge in [-0.25, -0.2) is 4.79 Å². The van der Waals surface area contributed by atoms with Gasteiger partial charge in [-0.15, -0.1) is 0 Å². The van der Waals surface area contributed by atoms with Crippen molar-refractivity contribution in [2.24, 2.45) is 5.92 Å². The van der Waals surface area contributed by atoms with E-state index in [1.165, 1.54) is 7.11 Å². The largest absolute Gasteiger partial charge is 0.493 e. The standard InChI is InChI=1S/C13H13NO7/c1-20-10-4-8(6-15)9(14(18)19)5-11(10)21-12(13(16)17)7-2-3-7/h4-7,12H,2-3H2,1H3,(H,16,17). The van der Waals surface area contributed by atoms with Crippen molar-refractivity contribution in [3.8, 4) is 11.5 Å². The zero-order chi connectivity index (χ0) is 15.6. The molecule has 0 spiro atoms. The first kappa shape index (κ1) is 14.8. The summed E-state index contributed by atoms with van der Waals surface area (Å²) < 4.78 is 10.4. The van der Waals surface area contributed by atoms with Gasteiger partial charge in [-0.2, -0.15) is 0 Å². The highest BCUT2D eigenvalue weighted by Gasteiger charge is 2.39. The number of aliphatic carboxylic acids is 1. The van der Waals surface area contributed by atoms with Crippen molar-refractivity contribution in [1.29, 1.82) is 0 Å². The Kier molecular flexibility index (Phi) is 4.06. The first-order valence-electron chi connectivity index (χ1n) is 6.19. The van der Waals surface area contributed by atoms with Crippen LogP contribution in [0.5, 0.6) is 11.5 Å². The van der Waals surface area contributed by atoms with Crippen molar-refractivity contribution in [2.45, 2.75) is 18.9 Å². The predicted molar refractivity (Wildman–Crippen MR) is 69.8 cm³/mol. The van der Waals surface area contributed by atoms with Crippen LogP contribution in [0.3, 0.4) is 0 Å². The molecule has 8 nitrogen and oxygen atoms in total. The number of carbonyl (C=O) groups is 2. The second-order valence-electron chi connectivity index (χ2n) is 4.65. The molecule has 1 N–H and O–H groups in total. The second-order valence-corrected chi connectivity index (χ2v) is 4.65. The molecule has 1 aliphatic carbocycles. The summed E-state index contributed by atoms with van der Waals surface area (Å²) in [4.78, 5) is 32.2. The van der Waals surface area contributed by atoms with E-state index in [4.69, 9.17) is 14.6 Å². The molecule has 1 aromatic carbocycles. The summed E-state index contributed by atoms with van der Waals surface area (Å²) in [6, 6.07) is 2.17. The molecule has 0 amide bonds. The SMILES string of the molecule is COc1cc(C=O)c([N+](=O)[O-])cc1OC(C(=O)O)C1CC1. The summed E-state index contributed by atoms with van der Waals surface area (Å²) in [5, 5.41) is 20.1. The van der Waals surface area contributed by atoms with Crippen molar-refractivity contribution in [2.75, 3.05) is 7.11 Å². The van der Waals surface area contributed by atoms with Gasteiger partial charge in [0.2, 0.25) is 0 Å². The van der Waals surface area contributed by atoms with Crippen molar-refractivity contribution >= 4 is 17.9 Å². The molecule has 1 unspecified atom stereocenters. The number of rotatable bonds is 7. The molecule has 1 saturated carbocycles. The summed E-state index contributed by atoms with van der Waals surface area (Å²) in [6.07, 6.45) is 0.710. The molecular weight excluding hydrogens is 282 g/mol. The van der Waals surface area contributed by atoms with Crippen LogP contribution in [-0.2, 0) is 4.79 Å². The Labute approximate surface area is 119 Å². The maximum absolute atomic E-state index is 11.2. The van der Waals surface area contributed by atoms with Gasteiger partial charge in [0, 0.05) is 12.0 Å². The lowest BCUT2D eigenvalue weighted by molar-refractivity contribution is -0.385. The van der Waals surface area contributed by atoms with Crippen LogP contribution in [0.2, 0.25) is 0 Å². The number of nitrogens with zero attached hydrogens (tertiary/aromatic N) is 1. The zero-order valence-corrected chi connectivity index (χ0v) is 11.1. The number of carbonyl (C=O) groups excluding carboxylic acids is 1. The first-order valence-corrected chi connectivity index (χ1v) is 6.19. The fourth-order valence-electron chi connectivity index (χ4n) is 1.95. The molecule has 0 aromatic heterocycles. The third-order valence-electron chi connectivity index (χ3n) is 3.18. The van der Waals surface area contributed by atoms with Crippen LogP contribution in [0, 0.1) is 16.0 Å². The van der Waals surface area contributed by atoms with Crippen LogP contribution in [0.1, 0.15) is 23.2 Å². The lowest BCUT2D eigenvalue weighted by Gasteiger charge is -2.16. The second kappa shape index (κ2) is 5.78. The van der Waals surface area contributed by atoms with E-state index < -0.39 is 22.7 Å². The normalized spacial score (nSPS) is 15.1. The van der Waals surface area contributed by atoms with E-state index >= 15 is 0 Å². The molecule has 1 fully saturated rings. The monoisotopic (exact) mass is 295 g/mol. The number of methoxy groups -OCH3 is 1. The lowest BCUT2D eigenvalue weighted by Crippen LogP contribution is -2.29. The van der Waals surface area contributed by atoms with Gasteiger partial charge in [-0.3, -0.25) is 14.9 Å². The van der Waals surface area contributed by atoms with Crippen molar-refractivity contribution in [3.63, 3.8) is 0 Å². The first-order chi connectivity index (χ1) is 9.97. The fraction of sp³-hybridized carbons (Fsp3) is 0.385. The molecular formula is C13H13NO7. The van der Waals surface area contributed by atoms with Crippen LogP contribution in [0.15, 0.2) is 12.1 Å². The van der Waals surface area contributed by atoms with Crippen LogP contribution in [0.4, 0.5) is 5.69 Å². The number of benzene rings is 1. The van der Waals surface area contributed by atoms with Gasteiger partial charge in [0.05, 0.1) is 23.7 Å². The van der Waals surface area contributed by atoms with Crippen molar-refractivity contribution in [1.82, 2.24) is 0 Å². The van der Waals surface area contributed by atoms with E-state index in [-0.39, 0.29) is 23.0 Å². The van der Waals surface area contributed by atoms with E-state index in [9.17, 15) is 19.7 Å². The van der Waals surface area contributed by atoms with E-state index in [1.54, 1.807) is 0 Å². The number of ether oxygens (including phenoxy) is 2. The average Bonchev–Trinajstić information content (AvgIpc) is 3.27. The molecule has 0 bridgehead atoms. The Bertz CT molecular complexity index is 594. The highest BCUT2D eigenvalue weighted by Crippen LogP contribution is 2.39. The van der Waals surface area contributed by atoms with Crippen LogP contribution in [-0.4, -0.2) is 35.5 Å². The van der Waals surface area contributed by atoms with Crippen LogP contribution < -0.4 is 9.47 Å². The maximum Gasteiger partial charge on any atom is 0.345 e. The van der Waals surface area contributed by atoms with E-state index in [0.717, 1.165) is 25.0 Å². The van der Waals surface area contributed by atoms with Gasteiger partial charge >= 0.3 is 5.97 Å². The van der Waals surface area contributed by atoms with Gasteiger partial charge in [-0.05, 0) is 12.8 Å². The number of hydrogen-bond acceptors (Lipinski definition) is 6. The Hall–Kier alpha value is -2.64. The number of carboxylic acids is 1. The number of hydrogen-bond donors (Lipinski definition) is 1. The maximum atomic E-state index is 11.2. The number of carboxylic acid groups (broad SMARTS) is 1. The highest BCUT2D eigenvalue weighted by atomic mass is 16.6. The highest BCUT2D eigenvalue weighted by molar-refractivity contribution is 5.83. The Morgan fingerprint density at radius 3 is 2.57 bits per heavy atom. The van der Waals surface area contributed by atoms with E-state index in [0.29, 0.717) is 6.29 Å². The van der Waals surface area contributed by atoms with Crippen molar-refractivity contribution in [3.05, 3.63) is 27.8 Å². The molecule has 112 valence electrons. The van der Waals surface area contributed by atoms with Gasteiger partial charge < -0.3 is 14.6 Å². The number of nitro benzene ring substituents is 1. The Morgan fingerprint density at radius 2 is 2.14 bits per heavy atom. The molecule has 0 saturated heterocycles. The Morgan fingerprint density at radius 1 is 1.48 bits per heavy atom. The topological polar surface area (TPSA) is 116 Å². The zero-order valence-electron chi connectivity index (χ0n) is 11.1. The molecule has 1 aliphatic rings. The predicted octanol–water partition coefficient (Wildman–Crippen LogP) is 1.66. The number of nitro groups is 1. The lowest BCUT2D eigenvalue weighted by atomic mass is 10.1. The van der Waals surface area contributed by atoms with Gasteiger partial charge in [-0.1, -0.05) is 0 Å². The van der Waals surface area contributed by atoms with Crippen LogP contribution >= 0.6 is 0 Å². The summed E-state index contributed by atoms with van der Waals surface area (Å²) in [5.41, 5.74) is -0.622. The smallest absolute Gasteiger partial charge is 0.345 e. The summed E-state index contributed by atoms with van der Waals surface area (Å²) in [7, 11) is 1.30. The van der Waals surface area contributed by atoms with Crippen LogP contribution in [0.25, 0.3) is 0 Å².